The van der Waals surface area contributed by atoms with Gasteiger partial charge in [0.15, 0.2) is 0 Å². The molecule has 0 aromatic heterocycles. The first-order valence-electron chi connectivity index (χ1n) is 22.9. The molecule has 0 saturated heterocycles. The van der Waals surface area contributed by atoms with E-state index >= 15 is 0 Å². The fraction of sp³-hybridized carbons (Fsp3) is 0.423. The number of rotatable bonds is 16. The lowest BCUT2D eigenvalue weighted by atomic mass is 9.86. The van der Waals surface area contributed by atoms with Gasteiger partial charge < -0.3 is 18.9 Å². The number of hydrogen-bond acceptors (Lipinski definition) is 10. The van der Waals surface area contributed by atoms with Crippen LogP contribution < -0.4 is 9.44 Å². The summed E-state index contributed by atoms with van der Waals surface area (Å²) in [4.78, 5) is 24.0. The second-order valence-corrected chi connectivity index (χ2v) is 21.6. The molecular weight excluding hydrogens is 912 g/mol. The number of hydrogen-bond donors (Lipinski definition) is 2. The van der Waals surface area contributed by atoms with Crippen molar-refractivity contribution < 1.29 is 45.4 Å². The third kappa shape index (κ3) is 12.5. The molecule has 4 aliphatic rings. The molecule has 0 heterocycles. The van der Waals surface area contributed by atoms with Crippen molar-refractivity contribution in [2.75, 3.05) is 41.7 Å². The Labute approximate surface area is 400 Å². The zero-order valence-corrected chi connectivity index (χ0v) is 41.0. The van der Waals surface area contributed by atoms with Crippen LogP contribution in [0, 0.1) is 11.8 Å². The molecule has 2 fully saturated rings. The number of ether oxygens (including phenoxy) is 4. The Hall–Kier alpha value is -4.67. The minimum atomic E-state index is -3.68. The second-order valence-electron chi connectivity index (χ2n) is 17.8. The van der Waals surface area contributed by atoms with Gasteiger partial charge >= 0.3 is 11.9 Å². The summed E-state index contributed by atoms with van der Waals surface area (Å²) in [6, 6.07) is 26.9. The van der Waals surface area contributed by atoms with Crippen LogP contribution in [0.1, 0.15) is 95.9 Å². The van der Waals surface area contributed by atoms with Gasteiger partial charge in [0.2, 0.25) is 20.0 Å². The largest absolute Gasteiger partial charge is 0.469 e. The van der Waals surface area contributed by atoms with Gasteiger partial charge in [-0.1, -0.05) is 78.3 Å². The van der Waals surface area contributed by atoms with E-state index in [-0.39, 0.29) is 40.8 Å². The highest BCUT2D eigenvalue weighted by Gasteiger charge is 2.32. The van der Waals surface area contributed by atoms with Crippen LogP contribution in [0.3, 0.4) is 0 Å². The molecule has 8 rings (SSSR count). The normalized spacial score (nSPS) is 20.3. The van der Waals surface area contributed by atoms with Crippen LogP contribution >= 0.6 is 11.6 Å². The summed E-state index contributed by atoms with van der Waals surface area (Å²) >= 11 is 6.70. The molecule has 0 aliphatic heterocycles. The summed E-state index contributed by atoms with van der Waals surface area (Å²) in [6.07, 6.45) is 10.2. The van der Waals surface area contributed by atoms with Crippen molar-refractivity contribution in [2.24, 2.45) is 11.8 Å². The van der Waals surface area contributed by atoms with Crippen LogP contribution in [-0.4, -0.2) is 82.5 Å². The quantitative estimate of drug-likeness (QED) is 0.104. The topological polar surface area (TPSA) is 163 Å². The molecule has 0 bridgehead atoms. The Morgan fingerprint density at radius 1 is 0.582 bits per heavy atom. The van der Waals surface area contributed by atoms with Gasteiger partial charge in [-0.05, 0) is 151 Å². The van der Waals surface area contributed by atoms with E-state index in [1.807, 2.05) is 6.07 Å². The van der Waals surface area contributed by atoms with Crippen LogP contribution in [0.4, 0.5) is 0 Å². The first kappa shape index (κ1) is 50.2. The number of fused-ring (bicyclic) bond motifs is 2. The molecule has 4 aromatic carbocycles. The van der Waals surface area contributed by atoms with E-state index in [0.717, 1.165) is 51.8 Å². The Bertz CT molecular complexity index is 2680. The van der Waals surface area contributed by atoms with E-state index in [1.54, 1.807) is 44.6 Å². The van der Waals surface area contributed by atoms with Crippen LogP contribution in [-0.2, 0) is 74.3 Å². The summed E-state index contributed by atoms with van der Waals surface area (Å²) in [5.41, 5.74) is 10.7. The van der Waals surface area contributed by atoms with Crippen molar-refractivity contribution in [1.29, 1.82) is 0 Å². The third-order valence-electron chi connectivity index (χ3n) is 13.4. The Morgan fingerprint density at radius 3 is 1.52 bits per heavy atom. The van der Waals surface area contributed by atoms with Gasteiger partial charge in [-0.25, -0.2) is 26.3 Å². The van der Waals surface area contributed by atoms with E-state index in [1.165, 1.54) is 30.9 Å². The smallest absolute Gasteiger partial charge is 0.308 e. The van der Waals surface area contributed by atoms with Crippen molar-refractivity contribution in [3.05, 3.63) is 129 Å². The molecule has 4 aliphatic carbocycles. The van der Waals surface area contributed by atoms with E-state index in [9.17, 15) is 26.4 Å². The number of carbonyl (C=O) groups excluding carboxylic acids is 2. The average molecular weight is 974 g/mol. The molecule has 4 aromatic rings. The maximum absolute atomic E-state index is 13.1. The standard InChI is InChI=1S/C26H30ClNO5S.C26H31NO5S/c1-32-14-13-17-3-5-18(6-4-17)24-16-20-15-22(11-12-23(20)25(24)27)34(30,31)28-21-9-7-19(8-10-21)26(29)33-2;1-31-14-13-18-3-5-19(6-4-18)22-15-21-9-12-25(17-23(21)16-22)33(29,30)27-24-10-7-20(8-11-24)26(28)32-2/h3-6,11-12,15,19,21,28H,7-10,13-14,16H2,1-2H3;3-6,9,12,15,17,20,24,27H,7-8,10-11,13-14,16H2,1-2H3. The number of nitrogens with one attached hydrogen (secondary N) is 2. The van der Waals surface area contributed by atoms with Crippen molar-refractivity contribution in [1.82, 2.24) is 9.44 Å². The minimum Gasteiger partial charge on any atom is -0.469 e. The molecular formula is C52H61ClN2O10S2. The summed E-state index contributed by atoms with van der Waals surface area (Å²) in [6.45, 7) is 1.37. The fourth-order valence-electron chi connectivity index (χ4n) is 9.43. The monoisotopic (exact) mass is 972 g/mol. The molecule has 0 spiro atoms. The SMILES string of the molecule is COCCc1ccc(C2=C(Cl)c3ccc(S(=O)(=O)NC4CCC(C(=O)OC)CC4)cc3C2)cc1.COCCc1ccc(C2=Cc3ccc(S(=O)(=O)NC4CCC(C(=O)OC)CC4)cc3C2)cc1. The van der Waals surface area contributed by atoms with Gasteiger partial charge in [0.1, 0.15) is 0 Å². The van der Waals surface area contributed by atoms with Gasteiger partial charge in [0.05, 0.1) is 54.1 Å². The van der Waals surface area contributed by atoms with Crippen molar-refractivity contribution >= 4 is 65.8 Å². The van der Waals surface area contributed by atoms with Gasteiger partial charge in [-0.15, -0.1) is 0 Å². The highest BCUT2D eigenvalue weighted by Crippen LogP contribution is 2.42. The molecule has 0 amide bonds. The van der Waals surface area contributed by atoms with Crippen LogP contribution in [0.2, 0.25) is 0 Å². The average Bonchev–Trinajstić information content (AvgIpc) is 3.93. The van der Waals surface area contributed by atoms with Gasteiger partial charge in [0, 0.05) is 32.7 Å². The Balaban J connectivity index is 0.000000199. The number of esters is 2. The van der Waals surface area contributed by atoms with Crippen molar-refractivity contribution in [3.63, 3.8) is 0 Å². The molecule has 2 N–H and O–H groups in total. The summed E-state index contributed by atoms with van der Waals surface area (Å²) < 4.78 is 77.7. The highest BCUT2D eigenvalue weighted by molar-refractivity contribution is 7.89. The first-order valence-corrected chi connectivity index (χ1v) is 26.3. The summed E-state index contributed by atoms with van der Waals surface area (Å²) in [5.74, 6) is -0.701. The minimum absolute atomic E-state index is 0.130. The van der Waals surface area contributed by atoms with Crippen molar-refractivity contribution in [3.8, 4) is 0 Å². The van der Waals surface area contributed by atoms with Gasteiger partial charge in [0.25, 0.3) is 0 Å². The maximum Gasteiger partial charge on any atom is 0.308 e. The van der Waals surface area contributed by atoms with Gasteiger partial charge in [-0.3, -0.25) is 9.59 Å². The molecule has 67 heavy (non-hydrogen) atoms. The highest BCUT2D eigenvalue weighted by atomic mass is 35.5. The number of carbonyl (C=O) groups is 2. The molecule has 0 radical (unpaired) electrons. The second kappa shape index (κ2) is 22.6. The molecule has 2 saturated carbocycles. The number of methoxy groups -OCH3 is 4. The van der Waals surface area contributed by atoms with Gasteiger partial charge in [-0.2, -0.15) is 0 Å². The fourth-order valence-corrected chi connectivity index (χ4v) is 12.5. The van der Waals surface area contributed by atoms with Crippen LogP contribution in [0.5, 0.6) is 0 Å². The third-order valence-corrected chi connectivity index (χ3v) is 16.8. The molecule has 358 valence electrons. The maximum atomic E-state index is 13.1. The zero-order valence-electron chi connectivity index (χ0n) is 38.6. The van der Waals surface area contributed by atoms with E-state index < -0.39 is 20.0 Å². The van der Waals surface area contributed by atoms with E-state index in [4.69, 9.17) is 30.5 Å². The Morgan fingerprint density at radius 2 is 1.04 bits per heavy atom. The predicted octanol–water partition coefficient (Wildman–Crippen LogP) is 8.53. The predicted molar refractivity (Wildman–Crippen MR) is 261 cm³/mol. The number of allylic oxidation sites excluding steroid dienone is 2. The van der Waals surface area contributed by atoms with E-state index in [0.29, 0.717) is 87.3 Å². The molecule has 15 heteroatoms. The van der Waals surface area contributed by atoms with Crippen LogP contribution in [0.15, 0.2) is 94.7 Å². The molecule has 12 nitrogen and oxygen atoms in total. The zero-order chi connectivity index (χ0) is 47.7. The first-order chi connectivity index (χ1) is 32.2. The molecule has 0 unspecified atom stereocenters. The number of halogens is 1. The lowest BCUT2D eigenvalue weighted by molar-refractivity contribution is -0.147. The van der Waals surface area contributed by atoms with E-state index in [2.05, 4.69) is 64.1 Å². The summed E-state index contributed by atoms with van der Waals surface area (Å²) in [5, 5.41) is 0.665. The summed E-state index contributed by atoms with van der Waals surface area (Å²) in [7, 11) is -1.13. The number of sulfonamides is 2. The lowest BCUT2D eigenvalue weighted by Gasteiger charge is -2.27. The van der Waals surface area contributed by atoms with Crippen LogP contribution in [0.25, 0.3) is 22.3 Å². The Kier molecular flexibility index (Phi) is 17.0. The molecule has 0 atom stereocenters. The lowest BCUT2D eigenvalue weighted by Crippen LogP contribution is -2.38. The van der Waals surface area contributed by atoms with Crippen molar-refractivity contribution in [2.45, 2.75) is 98.9 Å². The number of benzene rings is 4.